The van der Waals surface area contributed by atoms with Gasteiger partial charge in [-0.2, -0.15) is 0 Å². The van der Waals surface area contributed by atoms with Crippen LogP contribution in [-0.4, -0.2) is 6.04 Å². The van der Waals surface area contributed by atoms with Gasteiger partial charge >= 0.3 is 0 Å². The molecule has 3 rings (SSSR count). The maximum absolute atomic E-state index is 14.2. The van der Waals surface area contributed by atoms with Gasteiger partial charge < -0.3 is 5.32 Å². The second-order valence-corrected chi connectivity index (χ2v) is 5.84. The minimum Gasteiger partial charge on any atom is -0.310 e. The van der Waals surface area contributed by atoms with Crippen LogP contribution in [0.1, 0.15) is 24.0 Å². The number of halogens is 2. The Balaban J connectivity index is 1.83. The molecule has 1 N–H and O–H groups in total. The lowest BCUT2D eigenvalue weighted by molar-refractivity contribution is 0.623. The molecule has 0 heterocycles. The Morgan fingerprint density at radius 3 is 2.65 bits per heavy atom. The van der Waals surface area contributed by atoms with Crippen molar-refractivity contribution in [3.63, 3.8) is 0 Å². The molecule has 0 unspecified atom stereocenters. The normalized spacial score (nSPS) is 14.6. The topological polar surface area (TPSA) is 12.0 Å². The van der Waals surface area contributed by atoms with Crippen molar-refractivity contribution in [2.75, 3.05) is 0 Å². The SMILES string of the molecule is Cc1ccc(-c2ccc(CNC3CC3)cc2F)cc1Cl. The monoisotopic (exact) mass is 289 g/mol. The molecule has 3 heteroatoms. The summed E-state index contributed by atoms with van der Waals surface area (Å²) in [6.45, 7) is 2.67. The van der Waals surface area contributed by atoms with E-state index in [0.29, 0.717) is 16.6 Å². The van der Waals surface area contributed by atoms with Crippen LogP contribution in [0.25, 0.3) is 11.1 Å². The molecular weight excluding hydrogens is 273 g/mol. The first-order valence-corrected chi connectivity index (χ1v) is 7.29. The molecule has 0 spiro atoms. The van der Waals surface area contributed by atoms with E-state index in [1.807, 2.05) is 37.3 Å². The summed E-state index contributed by atoms with van der Waals surface area (Å²) < 4.78 is 14.2. The van der Waals surface area contributed by atoms with E-state index < -0.39 is 0 Å². The van der Waals surface area contributed by atoms with Crippen molar-refractivity contribution in [3.8, 4) is 11.1 Å². The van der Waals surface area contributed by atoms with E-state index in [-0.39, 0.29) is 5.82 Å². The van der Waals surface area contributed by atoms with E-state index in [9.17, 15) is 4.39 Å². The van der Waals surface area contributed by atoms with Gasteiger partial charge in [0.05, 0.1) is 0 Å². The summed E-state index contributed by atoms with van der Waals surface area (Å²) in [4.78, 5) is 0. The van der Waals surface area contributed by atoms with Crippen molar-refractivity contribution < 1.29 is 4.39 Å². The minimum absolute atomic E-state index is 0.194. The smallest absolute Gasteiger partial charge is 0.131 e. The van der Waals surface area contributed by atoms with E-state index in [4.69, 9.17) is 11.6 Å². The number of nitrogens with one attached hydrogen (secondary N) is 1. The van der Waals surface area contributed by atoms with Gasteiger partial charge in [0.15, 0.2) is 0 Å². The third kappa shape index (κ3) is 3.02. The number of aryl methyl sites for hydroxylation is 1. The first-order chi connectivity index (χ1) is 9.63. The maximum atomic E-state index is 14.2. The van der Waals surface area contributed by atoms with Crippen LogP contribution in [0.3, 0.4) is 0 Å². The molecule has 1 nitrogen and oxygen atoms in total. The van der Waals surface area contributed by atoms with Crippen LogP contribution in [0, 0.1) is 12.7 Å². The van der Waals surface area contributed by atoms with E-state index in [0.717, 1.165) is 23.2 Å². The fraction of sp³-hybridized carbons (Fsp3) is 0.294. The van der Waals surface area contributed by atoms with Crippen molar-refractivity contribution in [2.45, 2.75) is 32.4 Å². The third-order valence-corrected chi connectivity index (χ3v) is 4.10. The second kappa shape index (κ2) is 5.55. The van der Waals surface area contributed by atoms with Gasteiger partial charge in [-0.1, -0.05) is 35.9 Å². The van der Waals surface area contributed by atoms with Crippen molar-refractivity contribution >= 4 is 11.6 Å². The van der Waals surface area contributed by atoms with Crippen LogP contribution in [0.4, 0.5) is 4.39 Å². The molecule has 0 atom stereocenters. The Morgan fingerprint density at radius 1 is 1.20 bits per heavy atom. The quantitative estimate of drug-likeness (QED) is 0.860. The molecule has 2 aromatic rings. The summed E-state index contributed by atoms with van der Waals surface area (Å²) in [5.41, 5.74) is 3.40. The van der Waals surface area contributed by atoms with E-state index in [2.05, 4.69) is 5.32 Å². The molecule has 1 fully saturated rings. The van der Waals surface area contributed by atoms with Gasteiger partial charge in [-0.25, -0.2) is 4.39 Å². The van der Waals surface area contributed by atoms with E-state index in [1.54, 1.807) is 6.07 Å². The zero-order chi connectivity index (χ0) is 14.1. The zero-order valence-corrected chi connectivity index (χ0v) is 12.2. The second-order valence-electron chi connectivity index (χ2n) is 5.43. The predicted molar refractivity (Wildman–Crippen MR) is 81.4 cm³/mol. The van der Waals surface area contributed by atoms with Gasteiger partial charge in [0.2, 0.25) is 0 Å². The fourth-order valence-electron chi connectivity index (χ4n) is 2.21. The highest BCUT2D eigenvalue weighted by Gasteiger charge is 2.20. The summed E-state index contributed by atoms with van der Waals surface area (Å²) >= 11 is 6.11. The number of rotatable bonds is 4. The van der Waals surface area contributed by atoms with E-state index in [1.165, 1.54) is 12.8 Å². The Bertz CT molecular complexity index is 635. The number of benzene rings is 2. The summed E-state index contributed by atoms with van der Waals surface area (Å²) in [5, 5.41) is 4.06. The summed E-state index contributed by atoms with van der Waals surface area (Å²) in [5.74, 6) is -0.194. The van der Waals surface area contributed by atoms with Gasteiger partial charge in [-0.05, 0) is 48.6 Å². The van der Waals surface area contributed by atoms with Crippen molar-refractivity contribution in [1.82, 2.24) is 5.32 Å². The minimum atomic E-state index is -0.194. The standard InChI is InChI=1S/C17H17ClFN/c1-11-2-4-13(9-16(11)18)15-7-3-12(8-17(15)19)10-20-14-5-6-14/h2-4,7-9,14,20H,5-6,10H2,1H3. The Morgan fingerprint density at radius 2 is 2.00 bits per heavy atom. The third-order valence-electron chi connectivity index (χ3n) is 3.69. The molecule has 0 amide bonds. The van der Waals surface area contributed by atoms with Crippen LogP contribution in [0.5, 0.6) is 0 Å². The fourth-order valence-corrected chi connectivity index (χ4v) is 2.39. The first-order valence-electron chi connectivity index (χ1n) is 6.92. The number of hydrogen-bond acceptors (Lipinski definition) is 1. The lowest BCUT2D eigenvalue weighted by Gasteiger charge is -2.08. The highest BCUT2D eigenvalue weighted by molar-refractivity contribution is 6.31. The summed E-state index contributed by atoms with van der Waals surface area (Å²) in [6, 6.07) is 11.7. The molecule has 2 aromatic carbocycles. The molecule has 0 aliphatic heterocycles. The molecule has 1 aliphatic carbocycles. The molecule has 1 aliphatic rings. The maximum Gasteiger partial charge on any atom is 0.131 e. The highest BCUT2D eigenvalue weighted by atomic mass is 35.5. The number of hydrogen-bond donors (Lipinski definition) is 1. The Labute approximate surface area is 123 Å². The zero-order valence-electron chi connectivity index (χ0n) is 11.4. The highest BCUT2D eigenvalue weighted by Crippen LogP contribution is 2.28. The Hall–Kier alpha value is -1.38. The molecule has 0 radical (unpaired) electrons. The van der Waals surface area contributed by atoms with Crippen molar-refractivity contribution in [3.05, 3.63) is 58.4 Å². The molecule has 0 aromatic heterocycles. The van der Waals surface area contributed by atoms with Gasteiger partial charge in [-0.15, -0.1) is 0 Å². The lowest BCUT2D eigenvalue weighted by Crippen LogP contribution is -2.15. The largest absolute Gasteiger partial charge is 0.310 e. The van der Waals surface area contributed by atoms with Crippen LogP contribution in [0.2, 0.25) is 5.02 Å². The van der Waals surface area contributed by atoms with Gasteiger partial charge in [-0.3, -0.25) is 0 Å². The van der Waals surface area contributed by atoms with E-state index >= 15 is 0 Å². The van der Waals surface area contributed by atoms with Gasteiger partial charge in [0.1, 0.15) is 5.82 Å². The lowest BCUT2D eigenvalue weighted by atomic mass is 10.0. The van der Waals surface area contributed by atoms with Crippen molar-refractivity contribution in [2.24, 2.45) is 0 Å². The van der Waals surface area contributed by atoms with Crippen LogP contribution in [-0.2, 0) is 6.54 Å². The molecule has 1 saturated carbocycles. The molecule has 20 heavy (non-hydrogen) atoms. The van der Waals surface area contributed by atoms with Gasteiger partial charge in [0, 0.05) is 23.2 Å². The van der Waals surface area contributed by atoms with Crippen LogP contribution in [0.15, 0.2) is 36.4 Å². The molecular formula is C17H17ClFN. The average Bonchev–Trinajstić information content (AvgIpc) is 3.24. The molecule has 0 saturated heterocycles. The Kier molecular flexibility index (Phi) is 3.77. The average molecular weight is 290 g/mol. The van der Waals surface area contributed by atoms with Crippen LogP contribution >= 0.6 is 11.6 Å². The van der Waals surface area contributed by atoms with Crippen molar-refractivity contribution in [1.29, 1.82) is 0 Å². The predicted octanol–water partition coefficient (Wildman–Crippen LogP) is 4.71. The first kappa shape index (κ1) is 13.6. The van der Waals surface area contributed by atoms with Gasteiger partial charge in [0.25, 0.3) is 0 Å². The molecule has 0 bridgehead atoms. The summed E-state index contributed by atoms with van der Waals surface area (Å²) in [6.07, 6.45) is 2.48. The summed E-state index contributed by atoms with van der Waals surface area (Å²) in [7, 11) is 0. The van der Waals surface area contributed by atoms with Crippen LogP contribution < -0.4 is 5.32 Å². The molecule has 104 valence electrons.